The third-order valence-electron chi connectivity index (χ3n) is 4.10. The first-order chi connectivity index (χ1) is 11.5. The standard InChI is InChI=1S/C20H23FO3/c1-14(5-4-6-15-7-9-17(21)10-8-15)20(22)16-11-18(23-2)13-19(12-16)24-3/h7-14H,4-6H2,1-3H3/t14-/m1/s1. The molecule has 2 rings (SSSR count). The van der Waals surface area contributed by atoms with Crippen molar-refractivity contribution in [2.45, 2.75) is 26.2 Å². The van der Waals surface area contributed by atoms with Crippen molar-refractivity contribution in [2.75, 3.05) is 14.2 Å². The third-order valence-corrected chi connectivity index (χ3v) is 4.10. The zero-order chi connectivity index (χ0) is 17.5. The van der Waals surface area contributed by atoms with Gasteiger partial charge in [-0.15, -0.1) is 0 Å². The molecule has 3 nitrogen and oxygen atoms in total. The van der Waals surface area contributed by atoms with Gasteiger partial charge < -0.3 is 9.47 Å². The van der Waals surface area contributed by atoms with E-state index >= 15 is 0 Å². The van der Waals surface area contributed by atoms with Crippen LogP contribution in [0.15, 0.2) is 42.5 Å². The predicted molar refractivity (Wildman–Crippen MR) is 92.4 cm³/mol. The van der Waals surface area contributed by atoms with Crippen molar-refractivity contribution in [3.05, 3.63) is 59.4 Å². The largest absolute Gasteiger partial charge is 0.497 e. The molecule has 0 radical (unpaired) electrons. The van der Waals surface area contributed by atoms with Crippen LogP contribution in [0.3, 0.4) is 0 Å². The number of aryl methyl sites for hydroxylation is 1. The quantitative estimate of drug-likeness (QED) is 0.659. The zero-order valence-electron chi connectivity index (χ0n) is 14.3. The van der Waals surface area contributed by atoms with E-state index in [1.165, 1.54) is 12.1 Å². The number of ketones is 1. The second-order valence-electron chi connectivity index (χ2n) is 5.89. The topological polar surface area (TPSA) is 35.5 Å². The Morgan fingerprint density at radius 2 is 1.62 bits per heavy atom. The number of hydrogen-bond acceptors (Lipinski definition) is 3. The van der Waals surface area contributed by atoms with Crippen molar-refractivity contribution in [1.82, 2.24) is 0 Å². The molecule has 0 aliphatic rings. The number of carbonyl (C=O) groups is 1. The normalized spacial score (nSPS) is 11.8. The monoisotopic (exact) mass is 330 g/mol. The number of carbonyl (C=O) groups excluding carboxylic acids is 1. The molecule has 0 heterocycles. The van der Waals surface area contributed by atoms with Crippen LogP contribution in [0.25, 0.3) is 0 Å². The summed E-state index contributed by atoms with van der Waals surface area (Å²) in [7, 11) is 3.13. The SMILES string of the molecule is COc1cc(OC)cc(C(=O)[C@H](C)CCCc2ccc(F)cc2)c1. The summed E-state index contributed by atoms with van der Waals surface area (Å²) in [6, 6.07) is 11.7. The van der Waals surface area contributed by atoms with Crippen LogP contribution in [0.4, 0.5) is 4.39 Å². The number of hydrogen-bond donors (Lipinski definition) is 0. The molecule has 2 aromatic carbocycles. The van der Waals surface area contributed by atoms with Crippen LogP contribution in [0.1, 0.15) is 35.7 Å². The van der Waals surface area contributed by atoms with Crippen molar-refractivity contribution in [3.8, 4) is 11.5 Å². The molecule has 0 fully saturated rings. The van der Waals surface area contributed by atoms with E-state index in [4.69, 9.17) is 9.47 Å². The zero-order valence-corrected chi connectivity index (χ0v) is 14.3. The van der Waals surface area contributed by atoms with Crippen LogP contribution in [0, 0.1) is 11.7 Å². The van der Waals surface area contributed by atoms with Crippen LogP contribution in [0.2, 0.25) is 0 Å². The van der Waals surface area contributed by atoms with E-state index < -0.39 is 0 Å². The summed E-state index contributed by atoms with van der Waals surface area (Å²) in [5, 5.41) is 0. The second kappa shape index (κ2) is 8.48. The Bertz CT molecular complexity index is 658. The molecule has 2 aromatic rings. The molecule has 0 aliphatic carbocycles. The molecular weight excluding hydrogens is 307 g/mol. The fourth-order valence-electron chi connectivity index (χ4n) is 2.63. The van der Waals surface area contributed by atoms with Crippen molar-refractivity contribution in [1.29, 1.82) is 0 Å². The van der Waals surface area contributed by atoms with Gasteiger partial charge in [0.25, 0.3) is 0 Å². The van der Waals surface area contributed by atoms with Crippen LogP contribution in [-0.2, 0) is 6.42 Å². The predicted octanol–water partition coefficient (Wildman–Crippen LogP) is 4.68. The molecule has 0 amide bonds. The molecular formula is C20H23FO3. The van der Waals surface area contributed by atoms with Gasteiger partial charge in [-0.3, -0.25) is 4.79 Å². The molecule has 0 bridgehead atoms. The van der Waals surface area contributed by atoms with Gasteiger partial charge in [0.2, 0.25) is 0 Å². The van der Waals surface area contributed by atoms with Gasteiger partial charge >= 0.3 is 0 Å². The van der Waals surface area contributed by atoms with Crippen molar-refractivity contribution in [2.24, 2.45) is 5.92 Å². The van der Waals surface area contributed by atoms with Gasteiger partial charge in [-0.05, 0) is 49.1 Å². The summed E-state index contributed by atoms with van der Waals surface area (Å²) in [6.45, 7) is 1.93. The number of methoxy groups -OCH3 is 2. The molecule has 0 spiro atoms. The fraction of sp³-hybridized carbons (Fsp3) is 0.350. The Kier molecular flexibility index (Phi) is 6.36. The minimum atomic E-state index is -0.228. The van der Waals surface area contributed by atoms with E-state index in [0.29, 0.717) is 17.1 Å². The summed E-state index contributed by atoms with van der Waals surface area (Å²) in [4.78, 5) is 12.6. The summed E-state index contributed by atoms with van der Waals surface area (Å²) < 4.78 is 23.3. The van der Waals surface area contributed by atoms with E-state index in [2.05, 4.69) is 0 Å². The van der Waals surface area contributed by atoms with Gasteiger partial charge in [0.05, 0.1) is 14.2 Å². The maximum Gasteiger partial charge on any atom is 0.165 e. The maximum absolute atomic E-state index is 12.9. The molecule has 128 valence electrons. The van der Waals surface area contributed by atoms with E-state index in [9.17, 15) is 9.18 Å². The third kappa shape index (κ3) is 4.82. The van der Waals surface area contributed by atoms with Gasteiger partial charge in [0.15, 0.2) is 5.78 Å². The first kappa shape index (κ1) is 18.0. The second-order valence-corrected chi connectivity index (χ2v) is 5.89. The molecule has 0 N–H and O–H groups in total. The van der Waals surface area contributed by atoms with Gasteiger partial charge in [0.1, 0.15) is 17.3 Å². The first-order valence-corrected chi connectivity index (χ1v) is 8.05. The van der Waals surface area contributed by atoms with E-state index in [0.717, 1.165) is 24.8 Å². The van der Waals surface area contributed by atoms with Crippen LogP contribution in [0.5, 0.6) is 11.5 Å². The molecule has 0 aliphatic heterocycles. The highest BCUT2D eigenvalue weighted by Gasteiger charge is 2.17. The average Bonchev–Trinajstić information content (AvgIpc) is 2.62. The van der Waals surface area contributed by atoms with Crippen LogP contribution < -0.4 is 9.47 Å². The van der Waals surface area contributed by atoms with Crippen molar-refractivity contribution < 1.29 is 18.7 Å². The van der Waals surface area contributed by atoms with E-state index in [1.807, 2.05) is 6.92 Å². The Morgan fingerprint density at radius 3 is 2.17 bits per heavy atom. The van der Waals surface area contributed by atoms with Crippen LogP contribution >= 0.6 is 0 Å². The minimum absolute atomic E-state index is 0.0753. The number of Topliss-reactive ketones (excluding diaryl/α,β-unsaturated/α-hetero) is 1. The van der Waals surface area contributed by atoms with Crippen molar-refractivity contribution >= 4 is 5.78 Å². The highest BCUT2D eigenvalue weighted by molar-refractivity contribution is 5.98. The average molecular weight is 330 g/mol. The van der Waals surface area contributed by atoms with E-state index in [1.54, 1.807) is 44.6 Å². The lowest BCUT2D eigenvalue weighted by molar-refractivity contribution is 0.0922. The van der Waals surface area contributed by atoms with Crippen LogP contribution in [-0.4, -0.2) is 20.0 Å². The summed E-state index contributed by atoms with van der Waals surface area (Å²) in [5.41, 5.74) is 1.68. The summed E-state index contributed by atoms with van der Waals surface area (Å²) in [5.74, 6) is 0.968. The number of halogens is 1. The lowest BCUT2D eigenvalue weighted by Crippen LogP contribution is -2.12. The Labute approximate surface area is 142 Å². The molecule has 24 heavy (non-hydrogen) atoms. The Hall–Kier alpha value is -2.36. The van der Waals surface area contributed by atoms with Crippen molar-refractivity contribution in [3.63, 3.8) is 0 Å². The molecule has 1 atom stereocenters. The lowest BCUT2D eigenvalue weighted by Gasteiger charge is -2.13. The number of ether oxygens (including phenoxy) is 2. The van der Waals surface area contributed by atoms with Gasteiger partial charge in [-0.2, -0.15) is 0 Å². The van der Waals surface area contributed by atoms with E-state index in [-0.39, 0.29) is 17.5 Å². The highest BCUT2D eigenvalue weighted by Crippen LogP contribution is 2.25. The maximum atomic E-state index is 12.9. The Balaban J connectivity index is 1.95. The fourth-order valence-corrected chi connectivity index (χ4v) is 2.63. The number of benzene rings is 2. The van der Waals surface area contributed by atoms with Gasteiger partial charge in [-0.25, -0.2) is 4.39 Å². The molecule has 0 saturated heterocycles. The molecule has 0 unspecified atom stereocenters. The summed E-state index contributed by atoms with van der Waals surface area (Å²) in [6.07, 6.45) is 2.48. The minimum Gasteiger partial charge on any atom is -0.497 e. The smallest absolute Gasteiger partial charge is 0.165 e. The highest BCUT2D eigenvalue weighted by atomic mass is 19.1. The van der Waals surface area contributed by atoms with Gasteiger partial charge in [0, 0.05) is 17.5 Å². The molecule has 4 heteroatoms. The van der Waals surface area contributed by atoms with Gasteiger partial charge in [-0.1, -0.05) is 19.1 Å². The summed E-state index contributed by atoms with van der Waals surface area (Å²) >= 11 is 0. The molecule has 0 saturated carbocycles. The lowest BCUT2D eigenvalue weighted by atomic mass is 9.93. The molecule has 0 aromatic heterocycles. The first-order valence-electron chi connectivity index (χ1n) is 8.05. The number of rotatable bonds is 8. The Morgan fingerprint density at radius 1 is 1.04 bits per heavy atom.